The van der Waals surface area contributed by atoms with E-state index in [1.807, 2.05) is 0 Å². The van der Waals surface area contributed by atoms with Gasteiger partial charge < -0.3 is 28.7 Å². The van der Waals surface area contributed by atoms with Crippen LogP contribution in [-0.2, 0) is 24.3 Å². The van der Waals surface area contributed by atoms with Crippen molar-refractivity contribution in [2.75, 3.05) is 52.6 Å². The lowest BCUT2D eigenvalue weighted by atomic mass is 10.1. The number of piperidine rings is 1. The molecule has 0 unspecified atom stereocenters. The summed E-state index contributed by atoms with van der Waals surface area (Å²) in [5.41, 5.74) is 0. The highest BCUT2D eigenvalue weighted by Gasteiger charge is 2.33. The number of amides is 2. The van der Waals surface area contributed by atoms with Gasteiger partial charge >= 0.3 is 6.09 Å². The van der Waals surface area contributed by atoms with Gasteiger partial charge in [0.15, 0.2) is 11.5 Å². The van der Waals surface area contributed by atoms with Crippen LogP contribution in [0, 0.1) is 0 Å². The molecular weight excluding hydrogens is 454 g/mol. The van der Waals surface area contributed by atoms with Gasteiger partial charge in [-0.1, -0.05) is 0 Å². The first-order valence-corrected chi connectivity index (χ1v) is 12.6. The molecule has 1 atom stereocenters. The predicted octanol–water partition coefficient (Wildman–Crippen LogP) is 0.584. The molecule has 0 spiro atoms. The van der Waals surface area contributed by atoms with Gasteiger partial charge in [-0.15, -0.1) is 0 Å². The van der Waals surface area contributed by atoms with Gasteiger partial charge in [-0.3, -0.25) is 4.79 Å². The Balaban J connectivity index is 1.36. The van der Waals surface area contributed by atoms with Crippen LogP contribution >= 0.6 is 0 Å². The SMILES string of the molecule is CCOC(=O)N1CCC(NS(=O)(=O)c2ccc3c(c2)OC[C@H](C(=O)N2CCOCC2)O3)CC1. The molecule has 1 aromatic carbocycles. The molecule has 0 radical (unpaired) electrons. The van der Waals surface area contributed by atoms with E-state index in [2.05, 4.69) is 4.72 Å². The third-order valence-corrected chi connectivity index (χ3v) is 7.34. The first kappa shape index (κ1) is 23.6. The number of nitrogens with one attached hydrogen (secondary N) is 1. The summed E-state index contributed by atoms with van der Waals surface area (Å²) in [6.45, 7) is 4.90. The predicted molar refractivity (Wildman–Crippen MR) is 116 cm³/mol. The summed E-state index contributed by atoms with van der Waals surface area (Å²) in [6, 6.07) is 4.05. The molecular formula is C21H29N3O8S. The second-order valence-electron chi connectivity index (χ2n) is 8.05. The van der Waals surface area contributed by atoms with Crippen molar-refractivity contribution in [3.8, 4) is 11.5 Å². The fraction of sp³-hybridized carbons (Fsp3) is 0.619. The molecule has 3 aliphatic rings. The van der Waals surface area contributed by atoms with Crippen LogP contribution in [0.5, 0.6) is 11.5 Å². The first-order valence-electron chi connectivity index (χ1n) is 11.1. The van der Waals surface area contributed by atoms with E-state index in [-0.39, 0.29) is 35.3 Å². The molecule has 4 rings (SSSR count). The number of nitrogens with zero attached hydrogens (tertiary/aromatic N) is 2. The Bertz CT molecular complexity index is 972. The van der Waals surface area contributed by atoms with Crippen molar-refractivity contribution < 1.29 is 37.0 Å². The molecule has 1 aromatic rings. The zero-order chi connectivity index (χ0) is 23.4. The Labute approximate surface area is 192 Å². The van der Waals surface area contributed by atoms with E-state index in [4.69, 9.17) is 18.9 Å². The summed E-state index contributed by atoms with van der Waals surface area (Å²) < 4.78 is 50.2. The smallest absolute Gasteiger partial charge is 0.409 e. The van der Waals surface area contributed by atoms with E-state index in [1.165, 1.54) is 18.2 Å². The fourth-order valence-corrected chi connectivity index (χ4v) is 5.33. The number of hydrogen-bond donors (Lipinski definition) is 1. The van der Waals surface area contributed by atoms with Crippen molar-refractivity contribution >= 4 is 22.0 Å². The van der Waals surface area contributed by atoms with Crippen LogP contribution in [0.2, 0.25) is 0 Å². The minimum absolute atomic E-state index is 0.00639. The minimum Gasteiger partial charge on any atom is -0.485 e. The van der Waals surface area contributed by atoms with E-state index in [1.54, 1.807) is 16.7 Å². The summed E-state index contributed by atoms with van der Waals surface area (Å²) in [5, 5.41) is 0. The average Bonchev–Trinajstić information content (AvgIpc) is 2.84. The molecule has 33 heavy (non-hydrogen) atoms. The molecule has 3 aliphatic heterocycles. The summed E-state index contributed by atoms with van der Waals surface area (Å²) in [6.07, 6.45) is -0.168. The monoisotopic (exact) mass is 483 g/mol. The molecule has 0 bridgehead atoms. The lowest BCUT2D eigenvalue weighted by Crippen LogP contribution is -2.50. The third kappa shape index (κ3) is 5.50. The average molecular weight is 484 g/mol. The number of sulfonamides is 1. The Morgan fingerprint density at radius 3 is 2.52 bits per heavy atom. The van der Waals surface area contributed by atoms with Crippen molar-refractivity contribution in [2.24, 2.45) is 0 Å². The zero-order valence-corrected chi connectivity index (χ0v) is 19.3. The van der Waals surface area contributed by atoms with Gasteiger partial charge in [-0.05, 0) is 31.9 Å². The Kier molecular flexibility index (Phi) is 7.25. The van der Waals surface area contributed by atoms with Crippen LogP contribution in [0.25, 0.3) is 0 Å². The zero-order valence-electron chi connectivity index (χ0n) is 18.5. The van der Waals surface area contributed by atoms with Crippen LogP contribution in [0.1, 0.15) is 19.8 Å². The number of ether oxygens (including phenoxy) is 4. The van der Waals surface area contributed by atoms with E-state index >= 15 is 0 Å². The molecule has 2 saturated heterocycles. The number of likely N-dealkylation sites (tertiary alicyclic amines) is 1. The molecule has 2 fully saturated rings. The number of benzene rings is 1. The maximum absolute atomic E-state index is 12.9. The summed E-state index contributed by atoms with van der Waals surface area (Å²) in [5.74, 6) is 0.437. The minimum atomic E-state index is -3.80. The highest BCUT2D eigenvalue weighted by molar-refractivity contribution is 7.89. The lowest BCUT2D eigenvalue weighted by molar-refractivity contribution is -0.145. The highest BCUT2D eigenvalue weighted by atomic mass is 32.2. The largest absolute Gasteiger partial charge is 0.485 e. The molecule has 3 heterocycles. The van der Waals surface area contributed by atoms with Gasteiger partial charge in [0.1, 0.15) is 6.61 Å². The standard InChI is InChI=1S/C21H29N3O8S/c1-2-30-21(26)24-7-5-15(6-8-24)22-33(27,28)16-3-4-17-18(13-16)31-14-19(32-17)20(25)23-9-11-29-12-10-23/h3-4,13,15,19,22H,2,5-12,14H2,1H3/t19-/m1/s1. The van der Waals surface area contributed by atoms with E-state index in [0.29, 0.717) is 64.6 Å². The van der Waals surface area contributed by atoms with Crippen molar-refractivity contribution in [1.82, 2.24) is 14.5 Å². The van der Waals surface area contributed by atoms with Gasteiger partial charge in [0.25, 0.3) is 5.91 Å². The number of carbonyl (C=O) groups is 2. The van der Waals surface area contributed by atoms with Crippen molar-refractivity contribution in [2.45, 2.75) is 36.8 Å². The summed E-state index contributed by atoms with van der Waals surface area (Å²) >= 11 is 0. The molecule has 182 valence electrons. The molecule has 11 nitrogen and oxygen atoms in total. The van der Waals surface area contributed by atoms with Gasteiger partial charge in [0, 0.05) is 38.3 Å². The number of fused-ring (bicyclic) bond motifs is 1. The molecule has 0 saturated carbocycles. The van der Waals surface area contributed by atoms with E-state index in [9.17, 15) is 18.0 Å². The third-order valence-electron chi connectivity index (χ3n) is 5.83. The molecule has 0 aliphatic carbocycles. The second-order valence-corrected chi connectivity index (χ2v) is 9.76. The molecule has 2 amide bonds. The normalized spacial score (nSPS) is 21.5. The lowest BCUT2D eigenvalue weighted by Gasteiger charge is -2.33. The summed E-state index contributed by atoms with van der Waals surface area (Å²) in [7, 11) is -3.80. The number of morpholine rings is 1. The molecule has 12 heteroatoms. The van der Waals surface area contributed by atoms with Gasteiger partial charge in [-0.2, -0.15) is 0 Å². The van der Waals surface area contributed by atoms with Gasteiger partial charge in [0.2, 0.25) is 16.1 Å². The second kappa shape index (κ2) is 10.1. The maximum Gasteiger partial charge on any atom is 0.409 e. The van der Waals surface area contributed by atoms with Crippen LogP contribution in [-0.4, -0.2) is 95.0 Å². The Hall–Kier alpha value is -2.57. The number of rotatable bonds is 5. The fourth-order valence-electron chi connectivity index (χ4n) is 4.01. The van der Waals surface area contributed by atoms with Crippen LogP contribution in [0.4, 0.5) is 4.79 Å². The Morgan fingerprint density at radius 2 is 1.82 bits per heavy atom. The van der Waals surface area contributed by atoms with Crippen LogP contribution < -0.4 is 14.2 Å². The molecule has 1 N–H and O–H groups in total. The number of hydrogen-bond acceptors (Lipinski definition) is 8. The Morgan fingerprint density at radius 1 is 1.09 bits per heavy atom. The first-order chi connectivity index (χ1) is 15.9. The maximum atomic E-state index is 12.9. The van der Waals surface area contributed by atoms with Gasteiger partial charge in [0.05, 0.1) is 24.7 Å². The highest BCUT2D eigenvalue weighted by Crippen LogP contribution is 2.34. The van der Waals surface area contributed by atoms with Crippen molar-refractivity contribution in [1.29, 1.82) is 0 Å². The van der Waals surface area contributed by atoms with Crippen LogP contribution in [0.15, 0.2) is 23.1 Å². The molecule has 0 aromatic heterocycles. The van der Waals surface area contributed by atoms with Crippen molar-refractivity contribution in [3.63, 3.8) is 0 Å². The van der Waals surface area contributed by atoms with E-state index in [0.717, 1.165) is 0 Å². The van der Waals surface area contributed by atoms with E-state index < -0.39 is 16.1 Å². The quantitative estimate of drug-likeness (QED) is 0.645. The van der Waals surface area contributed by atoms with Crippen LogP contribution in [0.3, 0.4) is 0 Å². The number of carbonyl (C=O) groups excluding carboxylic acids is 2. The summed E-state index contributed by atoms with van der Waals surface area (Å²) in [4.78, 5) is 27.8. The van der Waals surface area contributed by atoms with Crippen molar-refractivity contribution in [3.05, 3.63) is 18.2 Å². The topological polar surface area (TPSA) is 124 Å². The van der Waals surface area contributed by atoms with Gasteiger partial charge in [-0.25, -0.2) is 17.9 Å².